The Morgan fingerprint density at radius 2 is 1.26 bits per heavy atom. The van der Waals surface area contributed by atoms with E-state index in [1.165, 1.54) is 56.3 Å². The van der Waals surface area contributed by atoms with Crippen molar-refractivity contribution in [1.29, 1.82) is 0 Å². The van der Waals surface area contributed by atoms with Gasteiger partial charge in [0.15, 0.2) is 0 Å². The zero-order chi connectivity index (χ0) is 21.8. The number of quaternary nitrogens is 1. The third kappa shape index (κ3) is 9.36. The second-order valence-electron chi connectivity index (χ2n) is 6.34. The summed E-state index contributed by atoms with van der Waals surface area (Å²) in [5, 5.41) is -5.12. The van der Waals surface area contributed by atoms with Gasteiger partial charge in [-0.05, 0) is 25.7 Å². The van der Waals surface area contributed by atoms with Crippen LogP contribution in [0.3, 0.4) is 0 Å². The number of hydrogen-bond donors (Lipinski definition) is 1. The molecule has 0 saturated carbocycles. The van der Waals surface area contributed by atoms with Gasteiger partial charge in [-0.15, -0.1) is 6.58 Å². The van der Waals surface area contributed by atoms with Crippen molar-refractivity contribution in [2.45, 2.75) is 64.7 Å². The first kappa shape index (κ1) is 28.5. The van der Waals surface area contributed by atoms with Crippen LogP contribution in [0, 0.1) is 0 Å². The average Bonchev–Trinajstić information content (AvgIpc) is 2.52. The molecule has 10 heteroatoms. The van der Waals surface area contributed by atoms with E-state index in [2.05, 4.69) is 39.0 Å². The molecule has 0 saturated heterocycles. The number of rotatable bonds is 12. The molecule has 0 rings (SSSR count). The Morgan fingerprint density at radius 3 is 1.44 bits per heavy atom. The van der Waals surface area contributed by atoms with Crippen molar-refractivity contribution >= 4 is 10.1 Å². The highest BCUT2D eigenvalue weighted by Gasteiger charge is 2.67. The summed E-state index contributed by atoms with van der Waals surface area (Å²) in [6.07, 6.45) is 0.148. The lowest BCUT2D eigenvalue weighted by Gasteiger charge is -2.38. The van der Waals surface area contributed by atoms with Gasteiger partial charge < -0.3 is 9.22 Å². The van der Waals surface area contributed by atoms with Crippen LogP contribution in [0.15, 0.2) is 12.7 Å². The molecular weight excluding hydrogens is 390 g/mol. The van der Waals surface area contributed by atoms with E-state index in [9.17, 15) is 26.0 Å². The lowest BCUT2D eigenvalue weighted by Crippen LogP contribution is -2.50. The van der Waals surface area contributed by atoms with Crippen molar-refractivity contribution in [2.75, 3.05) is 32.8 Å². The molecule has 0 amide bonds. The fourth-order valence-corrected chi connectivity index (χ4v) is 3.55. The fourth-order valence-electron chi connectivity index (χ4n) is 3.04. The second-order valence-corrected chi connectivity index (χ2v) is 7.82. The molecule has 0 aliphatic rings. The maximum Gasteiger partial charge on any atom is 0.467 e. The minimum Gasteiger partial charge on any atom is -0.324 e. The van der Waals surface area contributed by atoms with Gasteiger partial charge in [0.25, 0.3) is 0 Å². The van der Waals surface area contributed by atoms with Crippen LogP contribution < -0.4 is 0 Å². The summed E-state index contributed by atoms with van der Waals surface area (Å²) in [7, 11) is -6.06. The molecule has 0 heterocycles. The summed E-state index contributed by atoms with van der Waals surface area (Å²) in [5.41, 5.74) is 0. The molecule has 0 bridgehead atoms. The van der Waals surface area contributed by atoms with Gasteiger partial charge >= 0.3 is 21.5 Å². The van der Waals surface area contributed by atoms with E-state index in [1.54, 1.807) is 0 Å². The monoisotopic (exact) mass is 424 g/mol. The van der Waals surface area contributed by atoms with Gasteiger partial charge in [-0.3, -0.25) is 4.55 Å². The number of nitrogens with zero attached hydrogens (tertiary/aromatic N) is 1. The highest BCUT2D eigenvalue weighted by Crippen LogP contribution is 2.38. The highest BCUT2D eigenvalue weighted by atomic mass is 32.2. The fraction of sp³-hybridized carbons (Fsp3) is 0.882. The lowest BCUT2D eigenvalue weighted by atomic mass is 10.2. The van der Waals surface area contributed by atoms with Gasteiger partial charge in [0, 0.05) is 0 Å². The van der Waals surface area contributed by atoms with E-state index < -0.39 is 28.1 Å². The zero-order valence-corrected chi connectivity index (χ0v) is 17.5. The molecule has 164 valence electrons. The molecule has 0 aliphatic heterocycles. The van der Waals surface area contributed by atoms with E-state index in [4.69, 9.17) is 4.55 Å². The van der Waals surface area contributed by atoms with Crippen LogP contribution in [0.2, 0.25) is 0 Å². The Kier molecular flexibility index (Phi) is 13.4. The van der Waals surface area contributed by atoms with Crippen molar-refractivity contribution in [1.82, 2.24) is 0 Å². The van der Waals surface area contributed by atoms with E-state index in [0.29, 0.717) is 6.08 Å². The summed E-state index contributed by atoms with van der Waals surface area (Å²) in [6, 6.07) is 0. The van der Waals surface area contributed by atoms with Crippen LogP contribution in [0.25, 0.3) is 0 Å². The standard InChI is InChI=1S/C12H28N.C5H6F4O4S/c1-5-9-13(10-6-2,11-7-3)12-8-4;1-2-3-13-5(9,4(6,7)8)14(10,11)12/h5-12H2,1-4H3;2H,1,3H2,(H,10,11,12)/q+1;. The van der Waals surface area contributed by atoms with Crippen molar-refractivity contribution in [2.24, 2.45) is 0 Å². The minimum absolute atomic E-state index is 0.700. The molecule has 0 aliphatic carbocycles. The van der Waals surface area contributed by atoms with E-state index in [0.717, 1.165) is 0 Å². The Hall–Kier alpha value is -0.710. The van der Waals surface area contributed by atoms with Crippen LogP contribution in [-0.4, -0.2) is 61.6 Å². The molecule has 1 atom stereocenters. The predicted octanol–water partition coefficient (Wildman–Crippen LogP) is 4.71. The number of ether oxygens (including phenoxy) is 1. The molecule has 0 fully saturated rings. The second kappa shape index (κ2) is 12.7. The topological polar surface area (TPSA) is 63.6 Å². The Balaban J connectivity index is 0. The van der Waals surface area contributed by atoms with Crippen molar-refractivity contribution < 1.29 is 39.8 Å². The molecule has 0 aromatic carbocycles. The normalized spacial score (nSPS) is 14.9. The van der Waals surface area contributed by atoms with Crippen molar-refractivity contribution in [3.8, 4) is 0 Å². The first-order valence-electron chi connectivity index (χ1n) is 9.13. The molecule has 1 N–H and O–H groups in total. The van der Waals surface area contributed by atoms with E-state index >= 15 is 0 Å². The van der Waals surface area contributed by atoms with Gasteiger partial charge in [0.2, 0.25) is 0 Å². The van der Waals surface area contributed by atoms with Gasteiger partial charge in [-0.1, -0.05) is 33.8 Å². The first-order valence-corrected chi connectivity index (χ1v) is 10.6. The summed E-state index contributed by atoms with van der Waals surface area (Å²) in [6.45, 7) is 16.7. The van der Waals surface area contributed by atoms with Crippen LogP contribution >= 0.6 is 0 Å². The molecule has 0 radical (unpaired) electrons. The summed E-state index contributed by atoms with van der Waals surface area (Å²) >= 11 is 0. The molecule has 0 spiro atoms. The maximum atomic E-state index is 12.8. The SMILES string of the molecule is C=CCOC(F)(C(F)(F)F)S(=O)(=O)O.CCC[N+](CCC)(CCC)CCC. The quantitative estimate of drug-likeness (QED) is 0.213. The lowest BCUT2D eigenvalue weighted by molar-refractivity contribution is -0.928. The van der Waals surface area contributed by atoms with Gasteiger partial charge in [0.05, 0.1) is 32.8 Å². The Morgan fingerprint density at radius 1 is 0.926 bits per heavy atom. The predicted molar refractivity (Wildman–Crippen MR) is 98.5 cm³/mol. The summed E-state index contributed by atoms with van der Waals surface area (Å²) in [5.74, 6) is 0. The third-order valence-electron chi connectivity index (χ3n) is 3.85. The van der Waals surface area contributed by atoms with E-state index in [-0.39, 0.29) is 0 Å². The summed E-state index contributed by atoms with van der Waals surface area (Å²) in [4.78, 5) is 0. The maximum absolute atomic E-state index is 12.8. The smallest absolute Gasteiger partial charge is 0.324 e. The third-order valence-corrected chi connectivity index (χ3v) is 4.86. The van der Waals surface area contributed by atoms with Crippen LogP contribution in [0.4, 0.5) is 17.6 Å². The van der Waals surface area contributed by atoms with Gasteiger partial charge in [-0.25, -0.2) is 0 Å². The van der Waals surface area contributed by atoms with Crippen molar-refractivity contribution in [3.63, 3.8) is 0 Å². The molecule has 0 aromatic heterocycles. The number of alkyl halides is 4. The molecular formula is C17H34F4NO4S+. The Bertz CT molecular complexity index is 482. The molecule has 27 heavy (non-hydrogen) atoms. The van der Waals surface area contributed by atoms with Crippen LogP contribution in [0.5, 0.6) is 0 Å². The minimum atomic E-state index is -6.06. The molecule has 1 unspecified atom stereocenters. The highest BCUT2D eigenvalue weighted by molar-refractivity contribution is 7.87. The van der Waals surface area contributed by atoms with Crippen LogP contribution in [-0.2, 0) is 14.9 Å². The van der Waals surface area contributed by atoms with Gasteiger partial charge in [-0.2, -0.15) is 26.0 Å². The van der Waals surface area contributed by atoms with Gasteiger partial charge in [0.1, 0.15) is 0 Å². The summed E-state index contributed by atoms with van der Waals surface area (Å²) < 4.78 is 81.3. The molecule has 0 aromatic rings. The Labute approximate surface area is 160 Å². The zero-order valence-electron chi connectivity index (χ0n) is 16.7. The van der Waals surface area contributed by atoms with Crippen molar-refractivity contribution in [3.05, 3.63) is 12.7 Å². The van der Waals surface area contributed by atoms with E-state index in [1.807, 2.05) is 0 Å². The molecule has 5 nitrogen and oxygen atoms in total. The number of halogens is 4. The average molecular weight is 425 g/mol. The first-order chi connectivity index (χ1) is 12.3. The number of hydrogen-bond acceptors (Lipinski definition) is 3. The largest absolute Gasteiger partial charge is 0.467 e. The van der Waals surface area contributed by atoms with Crippen LogP contribution in [0.1, 0.15) is 53.4 Å².